The number of rotatable bonds is 2. The maximum atomic E-state index is 13.1. The molecule has 8 heteroatoms. The first-order valence-corrected chi connectivity index (χ1v) is 8.83. The predicted octanol–water partition coefficient (Wildman–Crippen LogP) is 2.11. The van der Waals surface area contributed by atoms with E-state index in [2.05, 4.69) is 26.2 Å². The van der Waals surface area contributed by atoms with Crippen molar-refractivity contribution >= 4 is 31.6 Å². The summed E-state index contributed by atoms with van der Waals surface area (Å²) in [5.74, 6) is 0. The molecule has 0 saturated carbocycles. The summed E-state index contributed by atoms with van der Waals surface area (Å²) in [7, 11) is -2.14. The average Bonchev–Trinajstić information content (AvgIpc) is 2.78. The van der Waals surface area contributed by atoms with Gasteiger partial charge in [0.25, 0.3) is 10.0 Å². The molecule has 1 unspecified atom stereocenters. The lowest BCUT2D eigenvalue weighted by molar-refractivity contribution is 0.547. The summed E-state index contributed by atoms with van der Waals surface area (Å²) in [5.41, 5.74) is 1.79. The third-order valence-electron chi connectivity index (χ3n) is 3.70. The lowest BCUT2D eigenvalue weighted by atomic mass is 9.99. The Balaban J connectivity index is 2.20. The van der Waals surface area contributed by atoms with Gasteiger partial charge in [0.2, 0.25) is 5.03 Å². The van der Waals surface area contributed by atoms with Gasteiger partial charge < -0.3 is 0 Å². The Bertz CT molecular complexity index is 768. The predicted molar refractivity (Wildman–Crippen MR) is 82.6 cm³/mol. The van der Waals surface area contributed by atoms with Crippen molar-refractivity contribution in [3.8, 4) is 0 Å². The summed E-state index contributed by atoms with van der Waals surface area (Å²) in [6, 6.07) is 7.50. The highest BCUT2D eigenvalue weighted by Crippen LogP contribution is 2.36. The molecule has 0 amide bonds. The summed E-state index contributed by atoms with van der Waals surface area (Å²) < 4.78 is 29.1. The molecule has 0 spiro atoms. The Morgan fingerprint density at radius 1 is 1.33 bits per heavy atom. The molecule has 21 heavy (non-hydrogen) atoms. The van der Waals surface area contributed by atoms with E-state index in [4.69, 9.17) is 0 Å². The van der Waals surface area contributed by atoms with Gasteiger partial charge in [0.05, 0.1) is 5.69 Å². The second-order valence-corrected chi connectivity index (χ2v) is 7.61. The van der Waals surface area contributed by atoms with Gasteiger partial charge in [-0.3, -0.25) is 4.31 Å². The molecule has 2 heterocycles. The van der Waals surface area contributed by atoms with Crippen LogP contribution in [0.15, 0.2) is 33.9 Å². The van der Waals surface area contributed by atoms with E-state index in [1.165, 1.54) is 8.99 Å². The number of para-hydroxylation sites is 1. The van der Waals surface area contributed by atoms with Crippen molar-refractivity contribution in [2.24, 2.45) is 7.05 Å². The molecule has 1 aliphatic heterocycles. The van der Waals surface area contributed by atoms with Gasteiger partial charge in [-0.2, -0.15) is 8.42 Å². The van der Waals surface area contributed by atoms with E-state index in [-0.39, 0.29) is 15.7 Å². The Morgan fingerprint density at radius 2 is 2.05 bits per heavy atom. The van der Waals surface area contributed by atoms with Gasteiger partial charge >= 0.3 is 0 Å². The first-order valence-electron chi connectivity index (χ1n) is 6.60. The molecule has 0 saturated heterocycles. The van der Waals surface area contributed by atoms with Gasteiger partial charge in [0.1, 0.15) is 0 Å². The highest BCUT2D eigenvalue weighted by molar-refractivity contribution is 9.10. The molecule has 112 valence electrons. The molecule has 2 aromatic rings. The van der Waals surface area contributed by atoms with Crippen LogP contribution in [0.1, 0.15) is 18.9 Å². The number of halogens is 1. The smallest absolute Gasteiger partial charge is 0.262 e. The molecular formula is C13H15BrN4O2S. The number of benzene rings is 1. The first-order chi connectivity index (χ1) is 9.93. The normalized spacial score (nSPS) is 18.6. The molecule has 0 bridgehead atoms. The molecule has 1 aromatic heterocycles. The van der Waals surface area contributed by atoms with E-state index < -0.39 is 10.0 Å². The maximum absolute atomic E-state index is 13.1. The summed E-state index contributed by atoms with van der Waals surface area (Å²) >= 11 is 3.18. The molecule has 0 fully saturated rings. The number of hydrogen-bond donors (Lipinski definition) is 0. The summed E-state index contributed by atoms with van der Waals surface area (Å²) in [6.07, 6.45) is 1.67. The second kappa shape index (κ2) is 5.10. The van der Waals surface area contributed by atoms with E-state index >= 15 is 0 Å². The third-order valence-corrected chi connectivity index (χ3v) is 6.52. The van der Waals surface area contributed by atoms with E-state index in [0.29, 0.717) is 0 Å². The summed E-state index contributed by atoms with van der Waals surface area (Å²) in [5, 5.41) is 7.63. The van der Waals surface area contributed by atoms with Crippen LogP contribution in [0.2, 0.25) is 0 Å². The van der Waals surface area contributed by atoms with Crippen molar-refractivity contribution in [1.82, 2.24) is 15.0 Å². The molecule has 1 aliphatic rings. The quantitative estimate of drug-likeness (QED) is 0.811. The minimum absolute atomic E-state index is 0.0750. The Labute approximate surface area is 131 Å². The number of sulfonamides is 1. The van der Waals surface area contributed by atoms with Crippen LogP contribution in [0.3, 0.4) is 0 Å². The number of hydrogen-bond acceptors (Lipinski definition) is 4. The number of anilines is 1. The summed E-state index contributed by atoms with van der Waals surface area (Å²) in [6.45, 7) is 1.92. The molecular weight excluding hydrogens is 356 g/mol. The van der Waals surface area contributed by atoms with Gasteiger partial charge in [-0.25, -0.2) is 4.68 Å². The second-order valence-electron chi connectivity index (χ2n) is 5.13. The Hall–Kier alpha value is -1.41. The van der Waals surface area contributed by atoms with Crippen molar-refractivity contribution < 1.29 is 8.42 Å². The minimum Gasteiger partial charge on any atom is -0.262 e. The third kappa shape index (κ3) is 2.26. The molecule has 1 atom stereocenters. The van der Waals surface area contributed by atoms with Crippen LogP contribution in [-0.2, 0) is 23.5 Å². The van der Waals surface area contributed by atoms with Crippen LogP contribution in [0.4, 0.5) is 5.69 Å². The summed E-state index contributed by atoms with van der Waals surface area (Å²) in [4.78, 5) is 0. The Kier molecular flexibility index (Phi) is 3.53. The largest absolute Gasteiger partial charge is 0.284 e. The Morgan fingerprint density at radius 3 is 2.71 bits per heavy atom. The standard InChI is InChI=1S/C13H15BrN4O2S/c1-9-7-8-10-5-3-4-6-11(10)18(9)21(19,20)13-12(14)15-16-17(13)2/h3-6,9H,7-8H2,1-2H3. The SMILES string of the molecule is CC1CCc2ccccc2N1S(=O)(=O)c1c(Br)nnn1C. The van der Waals surface area contributed by atoms with Crippen molar-refractivity contribution in [2.45, 2.75) is 30.8 Å². The van der Waals surface area contributed by atoms with E-state index in [9.17, 15) is 8.42 Å². The van der Waals surface area contributed by atoms with E-state index in [1.54, 1.807) is 7.05 Å². The first kappa shape index (κ1) is 14.5. The van der Waals surface area contributed by atoms with Gasteiger partial charge in [-0.1, -0.05) is 23.4 Å². The zero-order valence-corrected chi connectivity index (χ0v) is 14.1. The lowest BCUT2D eigenvalue weighted by Crippen LogP contribution is -2.42. The topological polar surface area (TPSA) is 68.1 Å². The molecule has 0 aliphatic carbocycles. The van der Waals surface area contributed by atoms with Crippen molar-refractivity contribution in [1.29, 1.82) is 0 Å². The van der Waals surface area contributed by atoms with E-state index in [0.717, 1.165) is 24.1 Å². The molecule has 0 N–H and O–H groups in total. The highest BCUT2D eigenvalue weighted by Gasteiger charge is 2.37. The van der Waals surface area contributed by atoms with Gasteiger partial charge in [0, 0.05) is 13.1 Å². The highest BCUT2D eigenvalue weighted by atomic mass is 79.9. The lowest BCUT2D eigenvalue weighted by Gasteiger charge is -2.35. The molecule has 0 radical (unpaired) electrons. The number of aromatic nitrogens is 3. The van der Waals surface area contributed by atoms with Crippen LogP contribution in [0.25, 0.3) is 0 Å². The molecule has 6 nitrogen and oxygen atoms in total. The van der Waals surface area contributed by atoms with Crippen LogP contribution in [0.5, 0.6) is 0 Å². The number of fused-ring (bicyclic) bond motifs is 1. The van der Waals surface area contributed by atoms with Crippen molar-refractivity contribution in [3.63, 3.8) is 0 Å². The molecule has 3 rings (SSSR count). The zero-order chi connectivity index (χ0) is 15.2. The maximum Gasteiger partial charge on any atom is 0.284 e. The van der Waals surface area contributed by atoms with Crippen molar-refractivity contribution in [2.75, 3.05) is 4.31 Å². The van der Waals surface area contributed by atoms with Crippen LogP contribution < -0.4 is 4.31 Å². The molecule has 1 aromatic carbocycles. The van der Waals surface area contributed by atoms with E-state index in [1.807, 2.05) is 31.2 Å². The van der Waals surface area contributed by atoms with Crippen LogP contribution >= 0.6 is 15.9 Å². The monoisotopic (exact) mass is 370 g/mol. The fourth-order valence-electron chi connectivity index (χ4n) is 2.71. The van der Waals surface area contributed by atoms with Gasteiger partial charge in [-0.05, 0) is 47.3 Å². The fraction of sp³-hybridized carbons (Fsp3) is 0.385. The van der Waals surface area contributed by atoms with Crippen molar-refractivity contribution in [3.05, 3.63) is 34.4 Å². The zero-order valence-electron chi connectivity index (χ0n) is 11.7. The van der Waals surface area contributed by atoms with Gasteiger partial charge in [-0.15, -0.1) is 5.10 Å². The van der Waals surface area contributed by atoms with Crippen LogP contribution in [0, 0.1) is 0 Å². The van der Waals surface area contributed by atoms with Crippen LogP contribution in [-0.4, -0.2) is 29.5 Å². The average molecular weight is 371 g/mol. The number of aryl methyl sites for hydroxylation is 2. The van der Waals surface area contributed by atoms with Gasteiger partial charge in [0.15, 0.2) is 4.60 Å². The fourth-order valence-corrected chi connectivity index (χ4v) is 5.48. The number of nitrogens with zero attached hydrogens (tertiary/aromatic N) is 4. The minimum atomic E-state index is -3.72.